The molecule has 184 valence electrons. The molecule has 1 saturated heterocycles. The lowest BCUT2D eigenvalue weighted by molar-refractivity contribution is -0.142. The second-order valence-electron chi connectivity index (χ2n) is 7.80. The molecule has 0 aromatic heterocycles. The van der Waals surface area contributed by atoms with Crippen molar-refractivity contribution in [2.24, 2.45) is 5.73 Å². The van der Waals surface area contributed by atoms with Gasteiger partial charge in [0.2, 0.25) is 17.7 Å². The molecule has 12 heteroatoms. The van der Waals surface area contributed by atoms with E-state index in [4.69, 9.17) is 11.1 Å². The Morgan fingerprint density at radius 3 is 2.71 bits per heavy atom. The lowest BCUT2D eigenvalue weighted by atomic mass is 10.1. The number of thioether (sulfide) groups is 1. The Morgan fingerprint density at radius 2 is 2.06 bits per heavy atom. The summed E-state index contributed by atoms with van der Waals surface area (Å²) in [5, 5.41) is 20.9. The number of likely N-dealkylation sites (tertiary alicyclic amines) is 1. The molecule has 2 aliphatic rings. The summed E-state index contributed by atoms with van der Waals surface area (Å²) in [6.45, 7) is -0.182. The van der Waals surface area contributed by atoms with Gasteiger partial charge in [0.05, 0.1) is 23.2 Å². The zero-order chi connectivity index (χ0) is 25.1. The van der Waals surface area contributed by atoms with Gasteiger partial charge in [-0.05, 0) is 43.6 Å². The Morgan fingerprint density at radius 1 is 1.29 bits per heavy atom. The highest BCUT2D eigenvalue weighted by Gasteiger charge is 2.38. The molecule has 11 nitrogen and oxygen atoms in total. The lowest BCUT2D eigenvalue weighted by Gasteiger charge is -2.17. The third-order valence-corrected chi connectivity index (χ3v) is 6.42. The highest BCUT2D eigenvalue weighted by Crippen LogP contribution is 2.26. The van der Waals surface area contributed by atoms with Crippen LogP contribution in [0.3, 0.4) is 0 Å². The van der Waals surface area contributed by atoms with Crippen molar-refractivity contribution in [1.29, 1.82) is 5.41 Å². The fraction of sp³-hybridized carbons (Fsp3) is 0.500. The van der Waals surface area contributed by atoms with Crippen molar-refractivity contribution in [3.63, 3.8) is 0 Å². The number of carboxylic acid groups (broad SMARTS) is 1. The summed E-state index contributed by atoms with van der Waals surface area (Å²) in [5.74, 6) is -2.12. The number of hydrogen-bond acceptors (Lipinski definition) is 7. The molecule has 2 atom stereocenters. The van der Waals surface area contributed by atoms with Gasteiger partial charge in [-0.15, -0.1) is 17.5 Å². The van der Waals surface area contributed by atoms with Crippen LogP contribution in [0, 0.1) is 5.41 Å². The van der Waals surface area contributed by atoms with Gasteiger partial charge in [-0.1, -0.05) is 6.08 Å². The van der Waals surface area contributed by atoms with Gasteiger partial charge in [0.15, 0.2) is 0 Å². The molecule has 6 N–H and O–H groups in total. The molecular weight excluding hydrogens is 462 g/mol. The zero-order valence-electron chi connectivity index (χ0n) is 18.7. The topological polar surface area (TPSA) is 183 Å². The van der Waals surface area contributed by atoms with E-state index in [1.165, 1.54) is 16.7 Å². The van der Waals surface area contributed by atoms with Crippen LogP contribution in [-0.2, 0) is 24.0 Å². The van der Waals surface area contributed by atoms with Gasteiger partial charge in [0.1, 0.15) is 6.04 Å². The molecular formula is C22H29N5O6S. The van der Waals surface area contributed by atoms with E-state index in [1.54, 1.807) is 18.2 Å². The Kier molecular flexibility index (Phi) is 10.6. The SMILES string of the molecule is N=C(N)CCCSC1CC(=O)N(CCCC[C@H](NC(=O)CNC(=O)C2=C=CC=C2)C(=O)O)C1=O. The summed E-state index contributed by atoms with van der Waals surface area (Å²) in [4.78, 5) is 61.2. The van der Waals surface area contributed by atoms with Gasteiger partial charge >= 0.3 is 5.97 Å². The van der Waals surface area contributed by atoms with Crippen molar-refractivity contribution in [3.05, 3.63) is 29.5 Å². The van der Waals surface area contributed by atoms with Crippen LogP contribution in [0.1, 0.15) is 38.5 Å². The summed E-state index contributed by atoms with van der Waals surface area (Å²) in [6.07, 6.45) is 6.88. The van der Waals surface area contributed by atoms with Crippen LogP contribution in [0.15, 0.2) is 29.5 Å². The second kappa shape index (κ2) is 13.4. The van der Waals surface area contributed by atoms with Crippen LogP contribution in [0.25, 0.3) is 0 Å². The minimum atomic E-state index is -1.21. The number of imide groups is 1. The van der Waals surface area contributed by atoms with Crippen molar-refractivity contribution in [3.8, 4) is 0 Å². The summed E-state index contributed by atoms with van der Waals surface area (Å²) in [5.41, 5.74) is 8.29. The van der Waals surface area contributed by atoms with E-state index in [-0.39, 0.29) is 49.2 Å². The number of unbranched alkanes of at least 4 members (excludes halogenated alkanes) is 1. The number of nitrogens with two attached hydrogens (primary N) is 1. The van der Waals surface area contributed by atoms with E-state index in [1.807, 2.05) is 0 Å². The first-order valence-corrected chi connectivity index (χ1v) is 12.0. The Bertz CT molecular complexity index is 940. The highest BCUT2D eigenvalue weighted by molar-refractivity contribution is 8.00. The van der Waals surface area contributed by atoms with Crippen molar-refractivity contribution in [1.82, 2.24) is 15.5 Å². The molecule has 34 heavy (non-hydrogen) atoms. The van der Waals surface area contributed by atoms with Crippen molar-refractivity contribution in [2.45, 2.75) is 49.8 Å². The summed E-state index contributed by atoms with van der Waals surface area (Å²) >= 11 is 1.38. The van der Waals surface area contributed by atoms with Crippen LogP contribution in [0.4, 0.5) is 0 Å². The molecule has 1 fully saturated rings. The third-order valence-electron chi connectivity index (χ3n) is 5.12. The monoisotopic (exact) mass is 491 g/mol. The van der Waals surface area contributed by atoms with Gasteiger partial charge in [-0.25, -0.2) is 4.79 Å². The van der Waals surface area contributed by atoms with Crippen LogP contribution in [-0.4, -0.2) is 75.6 Å². The predicted molar refractivity (Wildman–Crippen MR) is 126 cm³/mol. The fourth-order valence-corrected chi connectivity index (χ4v) is 4.48. The largest absolute Gasteiger partial charge is 0.480 e. The number of amidine groups is 1. The number of hydrogen-bond donors (Lipinski definition) is 5. The number of nitrogens with zero attached hydrogens (tertiary/aromatic N) is 1. The van der Waals surface area contributed by atoms with E-state index < -0.39 is 29.1 Å². The number of carboxylic acids is 1. The van der Waals surface area contributed by atoms with Crippen molar-refractivity contribution < 1.29 is 29.1 Å². The van der Waals surface area contributed by atoms with E-state index in [9.17, 15) is 29.1 Å². The number of rotatable bonds is 15. The molecule has 1 unspecified atom stereocenters. The van der Waals surface area contributed by atoms with Crippen LogP contribution >= 0.6 is 11.8 Å². The number of amides is 4. The predicted octanol–water partition coefficient (Wildman–Crippen LogP) is 0.0705. The second-order valence-corrected chi connectivity index (χ2v) is 9.11. The fourth-order valence-electron chi connectivity index (χ4n) is 3.35. The zero-order valence-corrected chi connectivity index (χ0v) is 19.5. The van der Waals surface area contributed by atoms with E-state index in [2.05, 4.69) is 16.4 Å². The Balaban J connectivity index is 1.69. The first-order chi connectivity index (χ1) is 16.2. The smallest absolute Gasteiger partial charge is 0.326 e. The molecule has 2 rings (SSSR count). The molecule has 0 aromatic carbocycles. The highest BCUT2D eigenvalue weighted by atomic mass is 32.2. The lowest BCUT2D eigenvalue weighted by Crippen LogP contribution is -2.45. The first-order valence-electron chi connectivity index (χ1n) is 10.9. The van der Waals surface area contributed by atoms with Crippen LogP contribution < -0.4 is 16.4 Å². The molecule has 1 aliphatic carbocycles. The van der Waals surface area contributed by atoms with Gasteiger partial charge < -0.3 is 21.5 Å². The van der Waals surface area contributed by atoms with Gasteiger partial charge in [-0.3, -0.25) is 29.5 Å². The molecule has 1 aliphatic heterocycles. The third kappa shape index (κ3) is 8.53. The summed E-state index contributed by atoms with van der Waals surface area (Å²) in [7, 11) is 0. The first kappa shape index (κ1) is 26.9. The van der Waals surface area contributed by atoms with E-state index in [0.717, 1.165) is 0 Å². The molecule has 1 heterocycles. The summed E-state index contributed by atoms with van der Waals surface area (Å²) < 4.78 is 0. The van der Waals surface area contributed by atoms with Gasteiger partial charge in [0.25, 0.3) is 5.91 Å². The van der Waals surface area contributed by atoms with E-state index in [0.29, 0.717) is 31.4 Å². The Hall–Kier alpha value is -3.37. The molecule has 4 amide bonds. The number of allylic oxidation sites excluding steroid dienone is 1. The molecule has 0 aromatic rings. The number of nitrogens with one attached hydrogen (secondary N) is 3. The average molecular weight is 492 g/mol. The quantitative estimate of drug-likeness (QED) is 0.0701. The minimum absolute atomic E-state index is 0.0910. The van der Waals surface area contributed by atoms with Gasteiger partial charge in [-0.2, -0.15) is 0 Å². The Labute approximate surface area is 201 Å². The van der Waals surface area contributed by atoms with E-state index >= 15 is 0 Å². The molecule has 0 saturated carbocycles. The minimum Gasteiger partial charge on any atom is -0.480 e. The van der Waals surface area contributed by atoms with Crippen LogP contribution in [0.2, 0.25) is 0 Å². The maximum atomic E-state index is 12.5. The summed E-state index contributed by atoms with van der Waals surface area (Å²) in [6, 6.07) is -1.15. The van der Waals surface area contributed by atoms with Crippen molar-refractivity contribution >= 4 is 47.2 Å². The molecule has 0 radical (unpaired) electrons. The number of carbonyl (C=O) groups excluding carboxylic acids is 4. The normalized spacial score (nSPS) is 17.6. The molecule has 0 bridgehead atoms. The standard InChI is InChI=1S/C22H29N5O6S/c23-17(24)9-5-11-34-16-12-19(29)27(21(16)31)10-4-3-8-15(22(32)33)26-18(28)13-25-20(30)14-6-1-2-7-14/h1-2,6,15-16H,3-5,8-13H2,(H3,23,24)(H,25,30)(H,26,28)(H,32,33)/t15-,16?/m0/s1. The number of carbonyl (C=O) groups is 5. The van der Waals surface area contributed by atoms with Crippen LogP contribution in [0.5, 0.6) is 0 Å². The maximum absolute atomic E-state index is 12.5. The van der Waals surface area contributed by atoms with Crippen molar-refractivity contribution in [2.75, 3.05) is 18.8 Å². The average Bonchev–Trinajstić information content (AvgIpc) is 3.41. The number of aliphatic carboxylic acids is 1. The molecule has 0 spiro atoms. The maximum Gasteiger partial charge on any atom is 0.326 e. The van der Waals surface area contributed by atoms with Gasteiger partial charge in [0, 0.05) is 19.4 Å².